The number of likely N-dealkylation sites (N-methyl/N-ethyl adjacent to an activating group) is 1. The van der Waals surface area contributed by atoms with Crippen molar-refractivity contribution in [2.75, 3.05) is 20.2 Å². The molecule has 102 valence electrons. The smallest absolute Gasteiger partial charge is 0.246 e. The third-order valence-electron chi connectivity index (χ3n) is 2.41. The van der Waals surface area contributed by atoms with Gasteiger partial charge in [-0.3, -0.25) is 0 Å². The quantitative estimate of drug-likeness (QED) is 0.851. The molecule has 0 atom stereocenters. The van der Waals surface area contributed by atoms with Crippen LogP contribution in [-0.4, -0.2) is 44.1 Å². The van der Waals surface area contributed by atoms with E-state index in [1.165, 1.54) is 23.5 Å². The van der Waals surface area contributed by atoms with Crippen molar-refractivity contribution in [3.63, 3.8) is 0 Å². The zero-order chi connectivity index (χ0) is 13.8. The standard InChI is InChI=1S/C12H19NO4S/c1-10(2)17-9-8-13(3)18(15,16)12-7-5-4-6-11(12)14/h4-7,10,14H,8-9H2,1-3H3. The van der Waals surface area contributed by atoms with Gasteiger partial charge in [-0.05, 0) is 26.0 Å². The molecule has 0 fully saturated rings. The lowest BCUT2D eigenvalue weighted by molar-refractivity contribution is 0.0737. The van der Waals surface area contributed by atoms with Gasteiger partial charge in [-0.1, -0.05) is 12.1 Å². The fraction of sp³-hybridized carbons (Fsp3) is 0.500. The topological polar surface area (TPSA) is 66.8 Å². The molecule has 1 aromatic rings. The highest BCUT2D eigenvalue weighted by atomic mass is 32.2. The number of rotatable bonds is 6. The molecule has 0 aliphatic heterocycles. The Hall–Kier alpha value is -1.11. The van der Waals surface area contributed by atoms with Gasteiger partial charge in [0.25, 0.3) is 0 Å². The second kappa shape index (κ2) is 6.17. The molecule has 5 nitrogen and oxygen atoms in total. The van der Waals surface area contributed by atoms with E-state index >= 15 is 0 Å². The van der Waals surface area contributed by atoms with Crippen molar-refractivity contribution >= 4 is 10.0 Å². The van der Waals surface area contributed by atoms with Crippen molar-refractivity contribution in [2.45, 2.75) is 24.8 Å². The zero-order valence-electron chi connectivity index (χ0n) is 10.8. The Morgan fingerprint density at radius 1 is 1.33 bits per heavy atom. The minimum Gasteiger partial charge on any atom is -0.507 e. The Morgan fingerprint density at radius 3 is 2.50 bits per heavy atom. The van der Waals surface area contributed by atoms with E-state index in [4.69, 9.17) is 4.74 Å². The highest BCUT2D eigenvalue weighted by molar-refractivity contribution is 7.89. The van der Waals surface area contributed by atoms with Crippen molar-refractivity contribution in [3.05, 3.63) is 24.3 Å². The molecular formula is C12H19NO4S. The lowest BCUT2D eigenvalue weighted by Crippen LogP contribution is -2.30. The van der Waals surface area contributed by atoms with Crippen LogP contribution in [0.3, 0.4) is 0 Å². The number of phenolic OH excluding ortho intramolecular Hbond substituents is 1. The SMILES string of the molecule is CC(C)OCCN(C)S(=O)(=O)c1ccccc1O. The molecule has 6 heteroatoms. The van der Waals surface area contributed by atoms with Gasteiger partial charge < -0.3 is 9.84 Å². The predicted molar refractivity (Wildman–Crippen MR) is 69.0 cm³/mol. The van der Waals surface area contributed by atoms with E-state index in [1.807, 2.05) is 13.8 Å². The van der Waals surface area contributed by atoms with Gasteiger partial charge in [0.05, 0.1) is 12.7 Å². The molecule has 0 bridgehead atoms. The van der Waals surface area contributed by atoms with Crippen LogP contribution in [0, 0.1) is 0 Å². The molecule has 0 saturated carbocycles. The van der Waals surface area contributed by atoms with E-state index in [0.717, 1.165) is 0 Å². The van der Waals surface area contributed by atoms with Gasteiger partial charge in [0.1, 0.15) is 10.6 Å². The summed E-state index contributed by atoms with van der Waals surface area (Å²) in [7, 11) is -2.20. The maximum atomic E-state index is 12.1. The number of benzene rings is 1. The van der Waals surface area contributed by atoms with Crippen LogP contribution in [0.25, 0.3) is 0 Å². The molecule has 0 unspecified atom stereocenters. The summed E-state index contributed by atoms with van der Waals surface area (Å²) in [5.74, 6) is -0.242. The maximum absolute atomic E-state index is 12.1. The van der Waals surface area contributed by atoms with Crippen molar-refractivity contribution in [1.29, 1.82) is 0 Å². The summed E-state index contributed by atoms with van der Waals surface area (Å²) < 4.78 is 30.8. The van der Waals surface area contributed by atoms with Crippen LogP contribution < -0.4 is 0 Å². The summed E-state index contributed by atoms with van der Waals surface area (Å²) in [5, 5.41) is 9.57. The molecule has 0 radical (unpaired) electrons. The Kier molecular flexibility index (Phi) is 5.13. The highest BCUT2D eigenvalue weighted by Gasteiger charge is 2.23. The van der Waals surface area contributed by atoms with Gasteiger partial charge in [0, 0.05) is 13.6 Å². The van der Waals surface area contributed by atoms with Crippen molar-refractivity contribution < 1.29 is 18.3 Å². The Bertz CT molecular complexity index is 485. The van der Waals surface area contributed by atoms with E-state index in [2.05, 4.69) is 0 Å². The molecule has 0 heterocycles. The van der Waals surface area contributed by atoms with E-state index in [-0.39, 0.29) is 23.3 Å². The summed E-state index contributed by atoms with van der Waals surface area (Å²) in [4.78, 5) is -0.0861. The summed E-state index contributed by atoms with van der Waals surface area (Å²) >= 11 is 0. The molecule has 0 saturated heterocycles. The van der Waals surface area contributed by atoms with Crippen LogP contribution in [0.4, 0.5) is 0 Å². The Labute approximate surface area is 108 Å². The number of hydrogen-bond donors (Lipinski definition) is 1. The molecule has 0 spiro atoms. The lowest BCUT2D eigenvalue weighted by Gasteiger charge is -2.18. The van der Waals surface area contributed by atoms with E-state index in [1.54, 1.807) is 12.1 Å². The molecule has 1 rings (SSSR count). The fourth-order valence-electron chi connectivity index (χ4n) is 1.38. The van der Waals surface area contributed by atoms with Gasteiger partial charge in [-0.25, -0.2) is 8.42 Å². The van der Waals surface area contributed by atoms with Crippen molar-refractivity contribution in [2.24, 2.45) is 0 Å². The third-order valence-corrected chi connectivity index (χ3v) is 4.32. The summed E-state index contributed by atoms with van der Waals surface area (Å²) in [6.07, 6.45) is 0.0613. The maximum Gasteiger partial charge on any atom is 0.246 e. The Balaban J connectivity index is 2.78. The number of nitrogens with zero attached hydrogens (tertiary/aromatic N) is 1. The molecule has 1 N–H and O–H groups in total. The third kappa shape index (κ3) is 3.69. The molecule has 0 amide bonds. The predicted octanol–water partition coefficient (Wildman–Crippen LogP) is 1.44. The lowest BCUT2D eigenvalue weighted by atomic mass is 10.3. The van der Waals surface area contributed by atoms with Crippen molar-refractivity contribution in [3.8, 4) is 5.75 Å². The van der Waals surface area contributed by atoms with Gasteiger partial charge in [-0.2, -0.15) is 4.31 Å². The first-order valence-corrected chi connectivity index (χ1v) is 7.15. The normalized spacial score (nSPS) is 12.3. The van der Waals surface area contributed by atoms with Crippen LogP contribution in [-0.2, 0) is 14.8 Å². The largest absolute Gasteiger partial charge is 0.507 e. The van der Waals surface area contributed by atoms with Crippen LogP contribution >= 0.6 is 0 Å². The zero-order valence-corrected chi connectivity index (χ0v) is 11.6. The number of hydrogen-bond acceptors (Lipinski definition) is 4. The van der Waals surface area contributed by atoms with Crippen LogP contribution in [0.5, 0.6) is 5.75 Å². The fourth-order valence-corrected chi connectivity index (χ4v) is 2.61. The van der Waals surface area contributed by atoms with Crippen LogP contribution in [0.2, 0.25) is 0 Å². The summed E-state index contributed by atoms with van der Waals surface area (Å²) in [5.41, 5.74) is 0. The molecule has 0 aliphatic carbocycles. The summed E-state index contributed by atoms with van der Waals surface area (Å²) in [6.45, 7) is 4.34. The van der Waals surface area contributed by atoms with E-state index in [9.17, 15) is 13.5 Å². The molecule has 0 aromatic heterocycles. The van der Waals surface area contributed by atoms with Gasteiger partial charge in [0.15, 0.2) is 0 Å². The molecule has 1 aromatic carbocycles. The number of sulfonamides is 1. The second-order valence-corrected chi connectivity index (χ2v) is 6.23. The van der Waals surface area contributed by atoms with Crippen molar-refractivity contribution in [1.82, 2.24) is 4.31 Å². The second-order valence-electron chi connectivity index (χ2n) is 4.21. The number of para-hydroxylation sites is 1. The van der Waals surface area contributed by atoms with Crippen LogP contribution in [0.1, 0.15) is 13.8 Å². The molecule has 18 heavy (non-hydrogen) atoms. The summed E-state index contributed by atoms with van der Waals surface area (Å²) in [6, 6.07) is 5.89. The van der Waals surface area contributed by atoms with Gasteiger partial charge in [0.2, 0.25) is 10.0 Å². The average molecular weight is 273 g/mol. The first kappa shape index (κ1) is 14.9. The minimum atomic E-state index is -3.66. The molecular weight excluding hydrogens is 254 g/mol. The highest BCUT2D eigenvalue weighted by Crippen LogP contribution is 2.24. The number of aromatic hydroxyl groups is 1. The van der Waals surface area contributed by atoms with Gasteiger partial charge >= 0.3 is 0 Å². The number of ether oxygens (including phenoxy) is 1. The Morgan fingerprint density at radius 2 is 1.94 bits per heavy atom. The first-order chi connectivity index (χ1) is 8.35. The van der Waals surface area contributed by atoms with E-state index < -0.39 is 10.0 Å². The monoisotopic (exact) mass is 273 g/mol. The molecule has 0 aliphatic rings. The minimum absolute atomic E-state index is 0.0613. The van der Waals surface area contributed by atoms with E-state index in [0.29, 0.717) is 6.61 Å². The average Bonchev–Trinajstić information content (AvgIpc) is 2.28. The first-order valence-electron chi connectivity index (χ1n) is 5.71. The van der Waals surface area contributed by atoms with Crippen LogP contribution in [0.15, 0.2) is 29.2 Å². The van der Waals surface area contributed by atoms with Gasteiger partial charge in [-0.15, -0.1) is 0 Å². The number of phenols is 1.